The van der Waals surface area contributed by atoms with Crippen LogP contribution in [0.2, 0.25) is 0 Å². The minimum atomic E-state index is -0.478. The smallest absolute Gasteiger partial charge is 0.271 e. The number of hydrogen-bond acceptors (Lipinski definition) is 4. The first-order valence-corrected chi connectivity index (χ1v) is 8.60. The predicted octanol–water partition coefficient (Wildman–Crippen LogP) is 0.550. The number of aromatic nitrogens is 2. The van der Waals surface area contributed by atoms with Gasteiger partial charge in [-0.3, -0.25) is 24.6 Å². The summed E-state index contributed by atoms with van der Waals surface area (Å²) in [4.78, 5) is 39.8. The molecule has 0 saturated heterocycles. The van der Waals surface area contributed by atoms with Crippen molar-refractivity contribution >= 4 is 29.0 Å². The molecule has 0 atom stereocenters. The van der Waals surface area contributed by atoms with Crippen LogP contribution >= 0.6 is 0 Å². The molecule has 0 unspecified atom stereocenters. The van der Waals surface area contributed by atoms with Crippen LogP contribution in [-0.4, -0.2) is 36.0 Å². The van der Waals surface area contributed by atoms with E-state index in [-0.39, 0.29) is 16.1 Å². The van der Waals surface area contributed by atoms with Crippen molar-refractivity contribution in [3.8, 4) is 5.75 Å². The van der Waals surface area contributed by atoms with Gasteiger partial charge in [0.25, 0.3) is 11.5 Å². The Labute approximate surface area is 159 Å². The van der Waals surface area contributed by atoms with Crippen LogP contribution in [0.25, 0.3) is 11.6 Å². The van der Waals surface area contributed by atoms with Gasteiger partial charge in [-0.2, -0.15) is 0 Å². The van der Waals surface area contributed by atoms with Crippen molar-refractivity contribution in [1.29, 1.82) is 0 Å². The summed E-state index contributed by atoms with van der Waals surface area (Å²) < 4.78 is 5.32. The molecule has 0 saturated carbocycles. The van der Waals surface area contributed by atoms with Gasteiger partial charge in [0.05, 0.1) is 23.4 Å². The van der Waals surface area contributed by atoms with E-state index in [9.17, 15) is 14.4 Å². The van der Waals surface area contributed by atoms with E-state index in [0.717, 1.165) is 0 Å². The molecule has 4 rings (SSSR count). The first-order chi connectivity index (χ1) is 13.5. The molecule has 2 aromatic carbocycles. The molecule has 1 amide bonds. The normalized spacial score (nSPS) is 16.4. The molecule has 2 N–H and O–H groups in total. The molecule has 0 spiro atoms. The molecule has 3 aromatic rings. The van der Waals surface area contributed by atoms with Crippen LogP contribution in [0.5, 0.6) is 5.75 Å². The number of para-hydroxylation sites is 2. The molecule has 7 heteroatoms. The lowest BCUT2D eigenvalue weighted by atomic mass is 9.95. The van der Waals surface area contributed by atoms with Crippen LogP contribution in [0.3, 0.4) is 0 Å². The Hall–Kier alpha value is -3.87. The number of Topliss-reactive ketones (excluding diaryl/α,β-unsaturated/α-hetero) is 1. The molecule has 0 fully saturated rings. The molecule has 2 heterocycles. The Morgan fingerprint density at radius 2 is 1.68 bits per heavy atom. The lowest BCUT2D eigenvalue weighted by Crippen LogP contribution is -2.44. The van der Waals surface area contributed by atoms with Crippen LogP contribution in [0, 0.1) is 0 Å². The number of nitrogens with one attached hydrogen (secondary N) is 2. The second-order valence-corrected chi connectivity index (χ2v) is 6.34. The second-order valence-electron chi connectivity index (χ2n) is 6.34. The fourth-order valence-electron chi connectivity index (χ4n) is 3.33. The number of ether oxygens (including phenoxy) is 1. The van der Waals surface area contributed by atoms with E-state index in [0.29, 0.717) is 22.6 Å². The number of fused-ring (bicyclic) bond motifs is 1. The SMILES string of the molecule is COc1ccccc1/C=c1\c(=O)[nH][nH]c1=C1C(=O)c2ccccc2N(C)C1=O. The van der Waals surface area contributed by atoms with E-state index in [1.54, 1.807) is 49.5 Å². The molecule has 0 radical (unpaired) electrons. The van der Waals surface area contributed by atoms with Gasteiger partial charge in [0.15, 0.2) is 0 Å². The largest absolute Gasteiger partial charge is 0.496 e. The minimum Gasteiger partial charge on any atom is -0.496 e. The van der Waals surface area contributed by atoms with Crippen LogP contribution in [0.1, 0.15) is 15.9 Å². The number of ketones is 1. The Morgan fingerprint density at radius 3 is 2.46 bits per heavy atom. The van der Waals surface area contributed by atoms with Crippen molar-refractivity contribution in [3.63, 3.8) is 0 Å². The van der Waals surface area contributed by atoms with E-state index >= 15 is 0 Å². The Bertz CT molecular complexity index is 1280. The molecular weight excluding hydrogens is 358 g/mol. The van der Waals surface area contributed by atoms with Gasteiger partial charge in [-0.15, -0.1) is 0 Å². The monoisotopic (exact) mass is 375 g/mol. The minimum absolute atomic E-state index is 0.0827. The highest BCUT2D eigenvalue weighted by Gasteiger charge is 2.33. The summed E-state index contributed by atoms with van der Waals surface area (Å²) in [6, 6.07) is 14.0. The van der Waals surface area contributed by atoms with Gasteiger partial charge in [0.2, 0.25) is 5.78 Å². The number of methoxy groups -OCH3 is 1. The third-order valence-electron chi connectivity index (χ3n) is 4.76. The number of carbonyl (C=O) groups is 2. The summed E-state index contributed by atoms with van der Waals surface area (Å²) in [5.74, 6) is -0.333. The van der Waals surface area contributed by atoms with E-state index in [1.165, 1.54) is 12.0 Å². The second kappa shape index (κ2) is 6.70. The molecule has 0 aliphatic carbocycles. The fraction of sp³-hybridized carbons (Fsp3) is 0.0952. The van der Waals surface area contributed by atoms with Crippen molar-refractivity contribution < 1.29 is 14.3 Å². The summed E-state index contributed by atoms with van der Waals surface area (Å²) in [6.45, 7) is 0. The van der Waals surface area contributed by atoms with Gasteiger partial charge in [0, 0.05) is 18.2 Å². The van der Waals surface area contributed by atoms with Gasteiger partial charge in [0.1, 0.15) is 11.3 Å². The van der Waals surface area contributed by atoms with Crippen molar-refractivity contribution in [2.45, 2.75) is 0 Å². The van der Waals surface area contributed by atoms with Crippen molar-refractivity contribution in [2.24, 2.45) is 0 Å². The molecule has 0 bridgehead atoms. The average Bonchev–Trinajstić information content (AvgIpc) is 3.07. The number of H-pyrrole nitrogens is 2. The predicted molar refractivity (Wildman–Crippen MR) is 105 cm³/mol. The van der Waals surface area contributed by atoms with Crippen molar-refractivity contribution in [2.75, 3.05) is 19.1 Å². The molecule has 7 nitrogen and oxygen atoms in total. The fourth-order valence-corrected chi connectivity index (χ4v) is 3.33. The van der Waals surface area contributed by atoms with E-state index < -0.39 is 17.2 Å². The Morgan fingerprint density at radius 1 is 0.964 bits per heavy atom. The maximum absolute atomic E-state index is 13.1. The van der Waals surface area contributed by atoms with Crippen LogP contribution in [0.15, 0.2) is 53.3 Å². The lowest BCUT2D eigenvalue weighted by Gasteiger charge is -2.25. The summed E-state index contributed by atoms with van der Waals surface area (Å²) in [5, 5.41) is 5.52. The van der Waals surface area contributed by atoms with E-state index in [2.05, 4.69) is 10.2 Å². The number of anilines is 1. The molecule has 1 aromatic heterocycles. The van der Waals surface area contributed by atoms with Crippen LogP contribution in [-0.2, 0) is 4.79 Å². The number of carbonyl (C=O) groups excluding carboxylic acids is 2. The van der Waals surface area contributed by atoms with Gasteiger partial charge < -0.3 is 9.64 Å². The summed E-state index contributed by atoms with van der Waals surface area (Å²) in [6.07, 6.45) is 1.59. The molecule has 1 aliphatic rings. The lowest BCUT2D eigenvalue weighted by molar-refractivity contribution is -0.113. The van der Waals surface area contributed by atoms with Crippen LogP contribution in [0.4, 0.5) is 5.69 Å². The first-order valence-electron chi connectivity index (χ1n) is 8.60. The summed E-state index contributed by atoms with van der Waals surface area (Å²) in [5.41, 5.74) is 1.08. The highest BCUT2D eigenvalue weighted by Crippen LogP contribution is 2.28. The number of hydrogen-bond donors (Lipinski definition) is 2. The van der Waals surface area contributed by atoms with E-state index in [4.69, 9.17) is 4.74 Å². The number of aromatic amines is 2. The van der Waals surface area contributed by atoms with Crippen molar-refractivity contribution in [3.05, 3.63) is 80.6 Å². The molecule has 1 aliphatic heterocycles. The topological polar surface area (TPSA) is 95.3 Å². The zero-order valence-electron chi connectivity index (χ0n) is 15.3. The first kappa shape index (κ1) is 17.5. The number of nitrogens with zero attached hydrogens (tertiary/aromatic N) is 1. The zero-order chi connectivity index (χ0) is 19.8. The maximum Gasteiger partial charge on any atom is 0.271 e. The van der Waals surface area contributed by atoms with Gasteiger partial charge in [-0.05, 0) is 24.3 Å². The van der Waals surface area contributed by atoms with E-state index in [1.807, 2.05) is 12.1 Å². The highest BCUT2D eigenvalue weighted by molar-refractivity contribution is 6.51. The quantitative estimate of drug-likeness (QED) is 0.684. The third-order valence-corrected chi connectivity index (χ3v) is 4.76. The maximum atomic E-state index is 13.1. The van der Waals surface area contributed by atoms with Crippen LogP contribution < -0.4 is 25.8 Å². The Balaban J connectivity index is 2.05. The Kier molecular flexibility index (Phi) is 4.19. The molecule has 140 valence electrons. The summed E-state index contributed by atoms with van der Waals surface area (Å²) >= 11 is 0. The third kappa shape index (κ3) is 2.64. The number of rotatable bonds is 2. The number of amides is 1. The van der Waals surface area contributed by atoms with Gasteiger partial charge in [-0.1, -0.05) is 30.3 Å². The van der Waals surface area contributed by atoms with Crippen molar-refractivity contribution in [1.82, 2.24) is 10.2 Å². The molecular formula is C21H17N3O4. The van der Waals surface area contributed by atoms with Gasteiger partial charge >= 0.3 is 0 Å². The standard InChI is InChI=1S/C21H17N3O4/c1-24-15-9-5-4-8-13(15)19(25)17(21(24)27)18-14(20(26)23-22-18)11-12-7-3-6-10-16(12)28-2/h3-11,22H,1-2H3,(H,23,26)/b14-11-,18-17?. The molecule has 28 heavy (non-hydrogen) atoms. The van der Waals surface area contributed by atoms with Gasteiger partial charge in [-0.25, -0.2) is 0 Å². The highest BCUT2D eigenvalue weighted by atomic mass is 16.5. The summed E-state index contributed by atoms with van der Waals surface area (Å²) in [7, 11) is 3.13. The number of benzene rings is 2. The average molecular weight is 375 g/mol. The zero-order valence-corrected chi connectivity index (χ0v) is 15.3.